The molecule has 1 aliphatic heterocycles. The Hall–Kier alpha value is -0.770. The molecule has 0 aromatic heterocycles. The molecule has 8 heteroatoms. The van der Waals surface area contributed by atoms with Gasteiger partial charge in [-0.15, -0.1) is 0 Å². The number of carbonyl (C=O) groups is 1. The number of aliphatic hydroxyl groups excluding tert-OH is 1. The van der Waals surface area contributed by atoms with Crippen LogP contribution in [0.1, 0.15) is 131 Å². The molecule has 0 aromatic carbocycles. The van der Waals surface area contributed by atoms with Gasteiger partial charge in [0, 0.05) is 59.0 Å². The lowest BCUT2D eigenvalue weighted by Gasteiger charge is -2.34. The zero-order valence-corrected chi connectivity index (χ0v) is 31.9. The molecule has 8 nitrogen and oxygen atoms in total. The highest BCUT2D eigenvalue weighted by molar-refractivity contribution is 5.69. The Morgan fingerprint density at radius 3 is 1.38 bits per heavy atom. The predicted molar refractivity (Wildman–Crippen MR) is 195 cm³/mol. The number of β-amino-alcohol motifs (C(OH)–C–C–N with tert-alkyl or cyclic N) is 1. The van der Waals surface area contributed by atoms with Crippen molar-refractivity contribution < 1.29 is 28.8 Å². The number of esters is 1. The fourth-order valence-corrected chi connectivity index (χ4v) is 6.40. The number of aliphatic hydroxyl groups is 1. The van der Waals surface area contributed by atoms with Crippen molar-refractivity contribution in [3.8, 4) is 0 Å². The van der Waals surface area contributed by atoms with E-state index < -0.39 is 5.41 Å². The summed E-state index contributed by atoms with van der Waals surface area (Å²) in [5.74, 6) is 1.48. The third-order valence-electron chi connectivity index (χ3n) is 10.2. The van der Waals surface area contributed by atoms with E-state index in [9.17, 15) is 9.90 Å². The van der Waals surface area contributed by atoms with Crippen LogP contribution in [0.2, 0.25) is 0 Å². The lowest BCUT2D eigenvalue weighted by atomic mass is 9.91. The SMILES string of the molecule is CCCCC(CC)COCC(COCC(CC)CCCC)(COCC(CC)CCCC)COC(=O)CCCN1CCN(CCO)CC1. The van der Waals surface area contributed by atoms with Crippen molar-refractivity contribution >= 4 is 5.97 Å². The van der Waals surface area contributed by atoms with E-state index in [1.54, 1.807) is 0 Å². The molecule has 280 valence electrons. The van der Waals surface area contributed by atoms with Crippen LogP contribution >= 0.6 is 0 Å². The molecule has 3 atom stereocenters. The first-order valence-electron chi connectivity index (χ1n) is 19.8. The van der Waals surface area contributed by atoms with E-state index in [2.05, 4.69) is 51.3 Å². The third kappa shape index (κ3) is 21.1. The standard InChI is InChI=1S/C39H78N2O6/c1-7-13-17-35(10-4)28-44-31-39(32-45-29-36(11-5)18-14-8-2,33-46-30-37(12-6)19-15-9-3)34-47-38(43)20-16-21-40-22-24-41(25-23-40)26-27-42/h35-37,42H,7-34H2,1-6H3. The van der Waals surface area contributed by atoms with Gasteiger partial charge in [-0.1, -0.05) is 99.3 Å². The molecule has 0 radical (unpaired) electrons. The maximum atomic E-state index is 13.1. The van der Waals surface area contributed by atoms with Crippen LogP contribution in [0.3, 0.4) is 0 Å². The second-order valence-electron chi connectivity index (χ2n) is 14.5. The Kier molecular flexibility index (Phi) is 27.3. The summed E-state index contributed by atoms with van der Waals surface area (Å²) in [6, 6.07) is 0. The smallest absolute Gasteiger partial charge is 0.305 e. The number of hydrogen-bond acceptors (Lipinski definition) is 8. The molecule has 1 rings (SSSR count). The van der Waals surface area contributed by atoms with E-state index in [0.717, 1.165) is 84.8 Å². The predicted octanol–water partition coefficient (Wildman–Crippen LogP) is 7.61. The largest absolute Gasteiger partial charge is 0.465 e. The summed E-state index contributed by atoms with van der Waals surface area (Å²) < 4.78 is 25.5. The van der Waals surface area contributed by atoms with Gasteiger partial charge < -0.3 is 29.0 Å². The normalized spacial score (nSPS) is 17.8. The molecular weight excluding hydrogens is 592 g/mol. The second-order valence-corrected chi connectivity index (χ2v) is 14.5. The first kappa shape index (κ1) is 44.3. The van der Waals surface area contributed by atoms with Gasteiger partial charge in [-0.05, 0) is 50.0 Å². The minimum absolute atomic E-state index is 0.147. The highest BCUT2D eigenvalue weighted by Crippen LogP contribution is 2.25. The summed E-state index contributed by atoms with van der Waals surface area (Å²) in [7, 11) is 0. The molecule has 0 amide bonds. The number of nitrogens with zero attached hydrogens (tertiary/aromatic N) is 2. The van der Waals surface area contributed by atoms with Crippen molar-refractivity contribution in [1.29, 1.82) is 0 Å². The lowest BCUT2D eigenvalue weighted by molar-refractivity contribution is -0.157. The molecule has 0 saturated carbocycles. The van der Waals surface area contributed by atoms with Crippen molar-refractivity contribution in [2.75, 3.05) is 92.1 Å². The minimum Gasteiger partial charge on any atom is -0.465 e. The van der Waals surface area contributed by atoms with Gasteiger partial charge in [0.15, 0.2) is 0 Å². The molecule has 0 bridgehead atoms. The van der Waals surface area contributed by atoms with Crippen LogP contribution in [0.4, 0.5) is 0 Å². The number of ether oxygens (including phenoxy) is 4. The van der Waals surface area contributed by atoms with Crippen LogP contribution in [0.5, 0.6) is 0 Å². The van der Waals surface area contributed by atoms with Crippen molar-refractivity contribution in [2.45, 2.75) is 131 Å². The maximum absolute atomic E-state index is 13.1. The van der Waals surface area contributed by atoms with E-state index >= 15 is 0 Å². The molecule has 0 aromatic rings. The molecule has 1 saturated heterocycles. The summed E-state index contributed by atoms with van der Waals surface area (Å²) in [6.07, 6.45) is 15.3. The number of piperazine rings is 1. The van der Waals surface area contributed by atoms with E-state index in [-0.39, 0.29) is 19.2 Å². The molecule has 1 N–H and O–H groups in total. The van der Waals surface area contributed by atoms with Crippen molar-refractivity contribution in [3.05, 3.63) is 0 Å². The average Bonchev–Trinajstić information content (AvgIpc) is 3.09. The monoisotopic (exact) mass is 671 g/mol. The van der Waals surface area contributed by atoms with Crippen LogP contribution in [0.15, 0.2) is 0 Å². The van der Waals surface area contributed by atoms with E-state index in [0.29, 0.717) is 44.0 Å². The molecule has 0 aliphatic carbocycles. The van der Waals surface area contributed by atoms with E-state index in [1.807, 2.05) is 0 Å². The summed E-state index contributed by atoms with van der Waals surface area (Å²) in [4.78, 5) is 17.8. The molecule has 1 fully saturated rings. The maximum Gasteiger partial charge on any atom is 0.305 e. The Morgan fingerprint density at radius 2 is 1.02 bits per heavy atom. The number of unbranched alkanes of at least 4 members (excludes halogenated alkanes) is 3. The Labute approximate surface area is 291 Å². The van der Waals surface area contributed by atoms with Gasteiger partial charge in [-0.2, -0.15) is 0 Å². The highest BCUT2D eigenvalue weighted by Gasteiger charge is 2.35. The summed E-state index contributed by atoms with van der Waals surface area (Å²) in [5.41, 5.74) is -0.534. The number of rotatable bonds is 32. The summed E-state index contributed by atoms with van der Waals surface area (Å²) in [6.45, 7) is 23.1. The van der Waals surface area contributed by atoms with Gasteiger partial charge in [-0.25, -0.2) is 0 Å². The third-order valence-corrected chi connectivity index (χ3v) is 10.2. The molecule has 1 heterocycles. The van der Waals surface area contributed by atoms with E-state index in [1.165, 1.54) is 57.8 Å². The average molecular weight is 671 g/mol. The van der Waals surface area contributed by atoms with Crippen LogP contribution < -0.4 is 0 Å². The van der Waals surface area contributed by atoms with Crippen LogP contribution in [0.25, 0.3) is 0 Å². The molecule has 1 aliphatic rings. The van der Waals surface area contributed by atoms with Gasteiger partial charge in [-0.3, -0.25) is 9.69 Å². The second kappa shape index (κ2) is 29.0. The number of carbonyl (C=O) groups excluding carboxylic acids is 1. The van der Waals surface area contributed by atoms with Crippen LogP contribution in [0, 0.1) is 23.2 Å². The van der Waals surface area contributed by atoms with Gasteiger partial charge in [0.05, 0.1) is 31.8 Å². The Morgan fingerprint density at radius 1 is 0.617 bits per heavy atom. The molecule has 3 unspecified atom stereocenters. The van der Waals surface area contributed by atoms with Crippen molar-refractivity contribution in [1.82, 2.24) is 9.80 Å². The van der Waals surface area contributed by atoms with Crippen LogP contribution in [-0.2, 0) is 23.7 Å². The topological polar surface area (TPSA) is 80.7 Å². The van der Waals surface area contributed by atoms with Crippen molar-refractivity contribution in [3.63, 3.8) is 0 Å². The molecule has 0 spiro atoms. The van der Waals surface area contributed by atoms with Gasteiger partial charge >= 0.3 is 5.97 Å². The summed E-state index contributed by atoms with van der Waals surface area (Å²) in [5, 5.41) is 9.21. The highest BCUT2D eigenvalue weighted by atomic mass is 16.5. The zero-order chi connectivity index (χ0) is 34.6. The Balaban J connectivity index is 2.92. The van der Waals surface area contributed by atoms with Crippen molar-refractivity contribution in [2.24, 2.45) is 23.2 Å². The first-order valence-corrected chi connectivity index (χ1v) is 19.8. The number of hydrogen-bond donors (Lipinski definition) is 1. The van der Waals surface area contributed by atoms with E-state index in [4.69, 9.17) is 18.9 Å². The fourth-order valence-electron chi connectivity index (χ4n) is 6.40. The zero-order valence-electron chi connectivity index (χ0n) is 31.9. The van der Waals surface area contributed by atoms with Gasteiger partial charge in [0.25, 0.3) is 0 Å². The van der Waals surface area contributed by atoms with Crippen LogP contribution in [-0.4, -0.2) is 113 Å². The Bertz CT molecular complexity index is 663. The first-order chi connectivity index (χ1) is 22.9. The quantitative estimate of drug-likeness (QED) is 0.0733. The molecule has 47 heavy (non-hydrogen) atoms. The lowest BCUT2D eigenvalue weighted by Crippen LogP contribution is -2.47. The van der Waals surface area contributed by atoms with Gasteiger partial charge in [0.1, 0.15) is 6.61 Å². The van der Waals surface area contributed by atoms with Gasteiger partial charge in [0.2, 0.25) is 0 Å². The minimum atomic E-state index is -0.534. The molecular formula is C39H78N2O6. The summed E-state index contributed by atoms with van der Waals surface area (Å²) >= 11 is 0. The fraction of sp³-hybridized carbons (Fsp3) is 0.974.